The van der Waals surface area contributed by atoms with Gasteiger partial charge in [-0.15, -0.1) is 0 Å². The van der Waals surface area contributed by atoms with Gasteiger partial charge in [0.05, 0.1) is 5.60 Å². The predicted molar refractivity (Wildman–Crippen MR) is 135 cm³/mol. The molecule has 3 saturated carbocycles. The fourth-order valence-corrected chi connectivity index (χ4v) is 9.75. The molecule has 0 amide bonds. The number of aliphatic hydroxyl groups is 2. The summed E-state index contributed by atoms with van der Waals surface area (Å²) < 4.78 is 0. The van der Waals surface area contributed by atoms with Crippen LogP contribution in [-0.2, 0) is 11.2 Å². The minimum Gasteiger partial charge on any atom is -0.396 e. The molecule has 1 aromatic carbocycles. The van der Waals surface area contributed by atoms with Gasteiger partial charge in [-0.2, -0.15) is 0 Å². The molecular weight excluding hydrogens is 422 g/mol. The van der Waals surface area contributed by atoms with Crippen molar-refractivity contribution in [3.8, 4) is 0 Å². The Hall–Kier alpha value is -1.65. The zero-order valence-corrected chi connectivity index (χ0v) is 21.1. The van der Waals surface area contributed by atoms with Crippen molar-refractivity contribution in [3.05, 3.63) is 41.0 Å². The number of benzene rings is 1. The minimum atomic E-state index is -0.682. The largest absolute Gasteiger partial charge is 0.396 e. The zero-order valence-electron chi connectivity index (χ0n) is 21.1. The van der Waals surface area contributed by atoms with Crippen LogP contribution in [0.15, 0.2) is 29.8 Å². The third-order valence-corrected chi connectivity index (χ3v) is 11.3. The molecule has 4 nitrogen and oxygen atoms in total. The number of hydrogen-bond donors (Lipinski definition) is 2. The normalized spacial score (nSPS) is 42.3. The molecule has 0 aliphatic heterocycles. The summed E-state index contributed by atoms with van der Waals surface area (Å²) in [5, 5.41) is 21.6. The average molecular weight is 464 g/mol. The average Bonchev–Trinajstić information content (AvgIpc) is 3.08. The van der Waals surface area contributed by atoms with Crippen LogP contribution in [0.5, 0.6) is 0 Å². The standard InChI is InChI=1S/C30H41NO3/c1-28-18-25-23-8-6-21(31(2)3)15-19(23)17-29-12-9-22(33)16-20(29)5-7-24(27(25)29)26(28)10-13-30(28,34)11-4-14-32/h6,8,15-16,24-27,32,34H,4-5,7,9-14,17-18H2,1-3H3/t24-,25+,26-,27+,28-,29+,30-/m0/s1. The molecule has 0 unspecified atom stereocenters. The molecule has 184 valence electrons. The van der Waals surface area contributed by atoms with E-state index < -0.39 is 5.60 Å². The van der Waals surface area contributed by atoms with E-state index in [9.17, 15) is 15.0 Å². The van der Waals surface area contributed by atoms with Crippen molar-refractivity contribution in [2.24, 2.45) is 28.6 Å². The molecular formula is C30H41NO3. The number of hydrogen-bond acceptors (Lipinski definition) is 4. The number of aliphatic hydroxyl groups excluding tert-OH is 1. The van der Waals surface area contributed by atoms with E-state index in [2.05, 4.69) is 44.1 Å². The summed E-state index contributed by atoms with van der Waals surface area (Å²) in [7, 11) is 4.22. The Morgan fingerprint density at radius 2 is 1.97 bits per heavy atom. The fraction of sp³-hybridized carbons (Fsp3) is 0.700. The summed E-state index contributed by atoms with van der Waals surface area (Å²) >= 11 is 0. The van der Waals surface area contributed by atoms with Crippen molar-refractivity contribution >= 4 is 11.5 Å². The second-order valence-electron chi connectivity index (χ2n) is 12.7. The predicted octanol–water partition coefficient (Wildman–Crippen LogP) is 5.02. The van der Waals surface area contributed by atoms with Crippen LogP contribution in [0.2, 0.25) is 0 Å². The van der Waals surface area contributed by atoms with E-state index in [1.165, 1.54) is 22.4 Å². The lowest BCUT2D eigenvalue weighted by molar-refractivity contribution is -0.146. The van der Waals surface area contributed by atoms with Crippen molar-refractivity contribution < 1.29 is 15.0 Å². The topological polar surface area (TPSA) is 60.8 Å². The number of carbonyl (C=O) groups excluding carboxylic acids is 1. The number of carbonyl (C=O) groups is 1. The molecule has 7 atom stereocenters. The summed E-state index contributed by atoms with van der Waals surface area (Å²) in [4.78, 5) is 14.7. The number of fused-ring (bicyclic) bond motifs is 4. The van der Waals surface area contributed by atoms with E-state index in [0.717, 1.165) is 44.9 Å². The number of ketones is 1. The Labute approximate surface area is 204 Å². The number of anilines is 1. The third-order valence-electron chi connectivity index (χ3n) is 11.3. The van der Waals surface area contributed by atoms with Crippen molar-refractivity contribution in [2.75, 3.05) is 25.6 Å². The molecule has 1 aromatic rings. The Kier molecular flexibility index (Phi) is 5.14. The fourth-order valence-electron chi connectivity index (χ4n) is 9.75. The van der Waals surface area contributed by atoms with Gasteiger partial charge in [0, 0.05) is 32.8 Å². The molecule has 0 saturated heterocycles. The van der Waals surface area contributed by atoms with E-state index in [1.807, 2.05) is 6.08 Å². The van der Waals surface area contributed by atoms with E-state index in [-0.39, 0.29) is 17.4 Å². The summed E-state index contributed by atoms with van der Waals surface area (Å²) in [5.74, 6) is 2.48. The highest BCUT2D eigenvalue weighted by atomic mass is 16.3. The van der Waals surface area contributed by atoms with Crippen LogP contribution in [0.4, 0.5) is 5.69 Å². The highest BCUT2D eigenvalue weighted by Crippen LogP contribution is 2.73. The number of rotatable bonds is 4. The molecule has 2 N–H and O–H groups in total. The van der Waals surface area contributed by atoms with Gasteiger partial charge in [-0.25, -0.2) is 0 Å². The second kappa shape index (κ2) is 7.67. The van der Waals surface area contributed by atoms with Crippen LogP contribution in [0, 0.1) is 28.6 Å². The van der Waals surface area contributed by atoms with E-state index in [4.69, 9.17) is 0 Å². The smallest absolute Gasteiger partial charge is 0.155 e. The molecule has 0 radical (unpaired) electrons. The molecule has 34 heavy (non-hydrogen) atoms. The molecule has 4 heteroatoms. The van der Waals surface area contributed by atoms with Gasteiger partial charge in [-0.3, -0.25) is 4.79 Å². The summed E-state index contributed by atoms with van der Waals surface area (Å²) in [6, 6.07) is 7.06. The molecule has 0 heterocycles. The first-order chi connectivity index (χ1) is 16.2. The van der Waals surface area contributed by atoms with Crippen molar-refractivity contribution in [1.29, 1.82) is 0 Å². The third kappa shape index (κ3) is 2.94. The van der Waals surface area contributed by atoms with Gasteiger partial charge in [-0.1, -0.05) is 18.6 Å². The van der Waals surface area contributed by atoms with Crippen LogP contribution in [-0.4, -0.2) is 42.3 Å². The maximum absolute atomic E-state index is 12.5. The van der Waals surface area contributed by atoms with Crippen molar-refractivity contribution in [2.45, 2.75) is 82.7 Å². The van der Waals surface area contributed by atoms with Crippen LogP contribution >= 0.6 is 0 Å². The summed E-state index contributed by atoms with van der Waals surface area (Å²) in [5.41, 5.74) is 4.97. The lowest BCUT2D eigenvalue weighted by Crippen LogP contribution is -2.59. The minimum absolute atomic E-state index is 0.115. The quantitative estimate of drug-likeness (QED) is 0.658. The first kappa shape index (κ1) is 22.8. The first-order valence-corrected chi connectivity index (χ1v) is 13.6. The SMILES string of the molecule is CN(C)c1ccc2c(c1)C[C@]13CCC(=O)C=C1CC[C@@H]1[C@@H]3[C@@H]2C[C@@]2(C)[C@H]1CC[C@@]2(O)CCCO. The maximum Gasteiger partial charge on any atom is 0.155 e. The van der Waals surface area contributed by atoms with Crippen molar-refractivity contribution in [3.63, 3.8) is 0 Å². The maximum atomic E-state index is 12.5. The summed E-state index contributed by atoms with van der Waals surface area (Å²) in [6.07, 6.45) is 11.4. The lowest BCUT2D eigenvalue weighted by atomic mass is 9.39. The van der Waals surface area contributed by atoms with Gasteiger partial charge < -0.3 is 15.1 Å². The Balaban J connectivity index is 1.51. The Bertz CT molecular complexity index is 1050. The molecule has 6 rings (SSSR count). The first-order valence-electron chi connectivity index (χ1n) is 13.6. The van der Waals surface area contributed by atoms with Gasteiger partial charge in [0.1, 0.15) is 0 Å². The van der Waals surface area contributed by atoms with Gasteiger partial charge in [0.15, 0.2) is 5.78 Å². The van der Waals surface area contributed by atoms with Crippen LogP contribution < -0.4 is 4.90 Å². The number of nitrogens with zero attached hydrogens (tertiary/aromatic N) is 1. The van der Waals surface area contributed by atoms with Crippen LogP contribution in [0.25, 0.3) is 0 Å². The molecule has 3 fully saturated rings. The van der Waals surface area contributed by atoms with Crippen molar-refractivity contribution in [1.82, 2.24) is 0 Å². The van der Waals surface area contributed by atoms with Gasteiger partial charge in [0.25, 0.3) is 0 Å². The summed E-state index contributed by atoms with van der Waals surface area (Å²) in [6.45, 7) is 2.53. The second-order valence-corrected chi connectivity index (χ2v) is 12.7. The van der Waals surface area contributed by atoms with Crippen LogP contribution in [0.1, 0.15) is 81.8 Å². The van der Waals surface area contributed by atoms with E-state index >= 15 is 0 Å². The molecule has 0 aromatic heterocycles. The highest BCUT2D eigenvalue weighted by Gasteiger charge is 2.68. The number of allylic oxidation sites excluding steroid dienone is 1. The molecule has 5 aliphatic carbocycles. The van der Waals surface area contributed by atoms with Gasteiger partial charge >= 0.3 is 0 Å². The highest BCUT2D eigenvalue weighted by molar-refractivity contribution is 5.91. The Morgan fingerprint density at radius 1 is 1.15 bits per heavy atom. The van der Waals surface area contributed by atoms with E-state index in [1.54, 1.807) is 0 Å². The molecule has 1 spiro atoms. The van der Waals surface area contributed by atoms with Crippen LogP contribution in [0.3, 0.4) is 0 Å². The van der Waals surface area contributed by atoms with Gasteiger partial charge in [0.2, 0.25) is 0 Å². The van der Waals surface area contributed by atoms with Gasteiger partial charge in [-0.05, 0) is 122 Å². The molecule has 0 bridgehead atoms. The van der Waals surface area contributed by atoms with E-state index in [0.29, 0.717) is 48.7 Å². The monoisotopic (exact) mass is 463 g/mol. The zero-order chi connectivity index (χ0) is 23.9. The Morgan fingerprint density at radius 3 is 2.74 bits per heavy atom. The lowest BCUT2D eigenvalue weighted by Gasteiger charge is -2.65. The molecule has 5 aliphatic rings.